The smallest absolute Gasteiger partial charge is 0.270 e. The molecule has 1 aliphatic carbocycles. The first-order chi connectivity index (χ1) is 11.0. The summed E-state index contributed by atoms with van der Waals surface area (Å²) in [6, 6.07) is 4.30. The van der Waals surface area contributed by atoms with E-state index in [0.29, 0.717) is 35.3 Å². The van der Waals surface area contributed by atoms with E-state index in [0.717, 1.165) is 12.8 Å². The summed E-state index contributed by atoms with van der Waals surface area (Å²) < 4.78 is 0.690. The second kappa shape index (κ2) is 6.42. The van der Waals surface area contributed by atoms with Gasteiger partial charge in [-0.1, -0.05) is 0 Å². The molecular formula is C15H16IN3O4. The number of nitro benzene ring substituents is 1. The van der Waals surface area contributed by atoms with E-state index < -0.39 is 4.92 Å². The number of rotatable bonds is 3. The van der Waals surface area contributed by atoms with Crippen molar-refractivity contribution in [2.75, 3.05) is 26.2 Å². The summed E-state index contributed by atoms with van der Waals surface area (Å²) in [4.78, 5) is 38.5. The number of carbonyl (C=O) groups is 2. The third-order valence-corrected chi connectivity index (χ3v) is 5.14. The zero-order chi connectivity index (χ0) is 16.6. The van der Waals surface area contributed by atoms with E-state index in [1.54, 1.807) is 11.0 Å². The zero-order valence-electron chi connectivity index (χ0n) is 12.4. The first kappa shape index (κ1) is 16.2. The van der Waals surface area contributed by atoms with Crippen molar-refractivity contribution in [3.05, 3.63) is 37.4 Å². The third-order valence-electron chi connectivity index (χ3n) is 4.20. The van der Waals surface area contributed by atoms with Crippen molar-refractivity contribution in [2.24, 2.45) is 5.92 Å². The number of nitrogens with zero attached hydrogens (tertiary/aromatic N) is 3. The van der Waals surface area contributed by atoms with Crippen LogP contribution in [0.1, 0.15) is 23.2 Å². The monoisotopic (exact) mass is 429 g/mol. The SMILES string of the molecule is O=C(c1cc([N+](=O)[O-])ccc1I)N1CCN(C(=O)C2CC2)CC1. The second-order valence-corrected chi connectivity index (χ2v) is 6.98. The Labute approximate surface area is 146 Å². The van der Waals surface area contributed by atoms with Crippen LogP contribution in [0.25, 0.3) is 0 Å². The Morgan fingerprint density at radius 1 is 1.13 bits per heavy atom. The van der Waals surface area contributed by atoms with E-state index in [9.17, 15) is 19.7 Å². The third kappa shape index (κ3) is 3.46. The van der Waals surface area contributed by atoms with Crippen molar-refractivity contribution in [3.8, 4) is 0 Å². The lowest BCUT2D eigenvalue weighted by atomic mass is 10.1. The maximum Gasteiger partial charge on any atom is 0.270 e. The minimum absolute atomic E-state index is 0.0867. The number of amides is 2. The molecule has 0 spiro atoms. The average molecular weight is 429 g/mol. The number of piperazine rings is 1. The van der Waals surface area contributed by atoms with Crippen molar-refractivity contribution in [1.82, 2.24) is 9.80 Å². The molecule has 0 unspecified atom stereocenters. The Hall–Kier alpha value is -1.71. The van der Waals surface area contributed by atoms with Crippen LogP contribution in [0.2, 0.25) is 0 Å². The van der Waals surface area contributed by atoms with Crippen molar-refractivity contribution in [2.45, 2.75) is 12.8 Å². The molecule has 0 N–H and O–H groups in total. The summed E-state index contributed by atoms with van der Waals surface area (Å²) in [6.07, 6.45) is 1.95. The van der Waals surface area contributed by atoms with Crippen LogP contribution in [0.5, 0.6) is 0 Å². The van der Waals surface area contributed by atoms with E-state index in [1.807, 2.05) is 27.5 Å². The molecule has 2 amide bonds. The molecule has 1 saturated carbocycles. The van der Waals surface area contributed by atoms with Crippen molar-refractivity contribution >= 4 is 40.1 Å². The molecule has 0 radical (unpaired) electrons. The highest BCUT2D eigenvalue weighted by Crippen LogP contribution is 2.31. The van der Waals surface area contributed by atoms with Gasteiger partial charge in [-0.3, -0.25) is 19.7 Å². The number of hydrogen-bond acceptors (Lipinski definition) is 4. The van der Waals surface area contributed by atoms with Crippen LogP contribution in [0.15, 0.2) is 18.2 Å². The van der Waals surface area contributed by atoms with Gasteiger partial charge in [-0.15, -0.1) is 0 Å². The zero-order valence-corrected chi connectivity index (χ0v) is 14.6. The molecule has 1 saturated heterocycles. The van der Waals surface area contributed by atoms with Gasteiger partial charge in [0.1, 0.15) is 0 Å². The van der Waals surface area contributed by atoms with Gasteiger partial charge >= 0.3 is 0 Å². The highest BCUT2D eigenvalue weighted by atomic mass is 127. The molecule has 1 aliphatic heterocycles. The van der Waals surface area contributed by atoms with Gasteiger partial charge in [-0.2, -0.15) is 0 Å². The van der Waals surface area contributed by atoms with E-state index in [2.05, 4.69) is 0 Å². The van der Waals surface area contributed by atoms with E-state index in [4.69, 9.17) is 0 Å². The largest absolute Gasteiger partial charge is 0.339 e. The Morgan fingerprint density at radius 3 is 2.30 bits per heavy atom. The summed E-state index contributed by atoms with van der Waals surface area (Å²) in [5.41, 5.74) is 0.262. The van der Waals surface area contributed by atoms with Crippen LogP contribution in [0.4, 0.5) is 5.69 Å². The van der Waals surface area contributed by atoms with Crippen LogP contribution in [0, 0.1) is 19.6 Å². The molecule has 2 aliphatic rings. The predicted molar refractivity (Wildman–Crippen MR) is 91.0 cm³/mol. The quantitative estimate of drug-likeness (QED) is 0.418. The van der Waals surface area contributed by atoms with E-state index in [1.165, 1.54) is 12.1 Å². The fourth-order valence-corrected chi connectivity index (χ4v) is 3.25. The summed E-state index contributed by atoms with van der Waals surface area (Å²) in [7, 11) is 0. The van der Waals surface area contributed by atoms with Gasteiger partial charge in [0.05, 0.1) is 10.5 Å². The van der Waals surface area contributed by atoms with E-state index >= 15 is 0 Å². The molecule has 1 aromatic rings. The summed E-state index contributed by atoms with van der Waals surface area (Å²) in [5.74, 6) is 0.175. The van der Waals surface area contributed by atoms with Crippen LogP contribution >= 0.6 is 22.6 Å². The highest BCUT2D eigenvalue weighted by Gasteiger charge is 2.35. The van der Waals surface area contributed by atoms with Gasteiger partial charge in [0.25, 0.3) is 11.6 Å². The van der Waals surface area contributed by atoms with Gasteiger partial charge in [-0.25, -0.2) is 0 Å². The van der Waals surface area contributed by atoms with E-state index in [-0.39, 0.29) is 23.4 Å². The number of benzene rings is 1. The Morgan fingerprint density at radius 2 is 1.74 bits per heavy atom. The molecule has 1 heterocycles. The standard InChI is InChI=1S/C15H16IN3O4/c16-13-4-3-11(19(22)23)9-12(13)15(21)18-7-5-17(6-8-18)14(20)10-1-2-10/h3-4,9-10H,1-2,5-8H2. The Balaban J connectivity index is 1.68. The molecule has 122 valence electrons. The minimum Gasteiger partial charge on any atom is -0.339 e. The van der Waals surface area contributed by atoms with Crippen LogP contribution in [-0.2, 0) is 4.79 Å². The van der Waals surface area contributed by atoms with Crippen LogP contribution in [0.3, 0.4) is 0 Å². The lowest BCUT2D eigenvalue weighted by molar-refractivity contribution is -0.384. The lowest BCUT2D eigenvalue weighted by Gasteiger charge is -2.35. The predicted octanol–water partition coefficient (Wildman–Crippen LogP) is 1.89. The first-order valence-electron chi connectivity index (χ1n) is 7.49. The molecule has 23 heavy (non-hydrogen) atoms. The molecule has 0 atom stereocenters. The number of hydrogen-bond donors (Lipinski definition) is 0. The molecule has 8 heteroatoms. The minimum atomic E-state index is -0.501. The maximum atomic E-state index is 12.6. The van der Waals surface area contributed by atoms with Crippen LogP contribution < -0.4 is 0 Å². The van der Waals surface area contributed by atoms with Crippen molar-refractivity contribution < 1.29 is 14.5 Å². The molecule has 0 bridgehead atoms. The topological polar surface area (TPSA) is 83.8 Å². The molecule has 1 aromatic carbocycles. The fourth-order valence-electron chi connectivity index (χ4n) is 2.68. The molecule has 3 rings (SSSR count). The summed E-state index contributed by atoms with van der Waals surface area (Å²) >= 11 is 2.01. The molecule has 7 nitrogen and oxygen atoms in total. The number of non-ortho nitro benzene ring substituents is 1. The lowest BCUT2D eigenvalue weighted by Crippen LogP contribution is -2.51. The number of halogens is 1. The molecule has 2 fully saturated rings. The first-order valence-corrected chi connectivity index (χ1v) is 8.57. The Kier molecular flexibility index (Phi) is 4.51. The van der Waals surface area contributed by atoms with Crippen LogP contribution in [-0.4, -0.2) is 52.7 Å². The number of carbonyl (C=O) groups excluding carboxylic acids is 2. The summed E-state index contributed by atoms with van der Waals surface area (Å²) in [5, 5.41) is 10.9. The van der Waals surface area contributed by atoms with Gasteiger partial charge in [0.15, 0.2) is 0 Å². The number of nitro groups is 1. The summed E-state index contributed by atoms with van der Waals surface area (Å²) in [6.45, 7) is 2.01. The Bertz CT molecular complexity index is 667. The molecule has 0 aromatic heterocycles. The second-order valence-electron chi connectivity index (χ2n) is 5.81. The van der Waals surface area contributed by atoms with Gasteiger partial charge in [0.2, 0.25) is 5.91 Å². The van der Waals surface area contributed by atoms with Crippen molar-refractivity contribution in [3.63, 3.8) is 0 Å². The fraction of sp³-hybridized carbons (Fsp3) is 0.467. The highest BCUT2D eigenvalue weighted by molar-refractivity contribution is 14.1. The average Bonchev–Trinajstić information content (AvgIpc) is 3.39. The van der Waals surface area contributed by atoms with Gasteiger partial charge < -0.3 is 9.80 Å². The van der Waals surface area contributed by atoms with Gasteiger partial charge in [-0.05, 0) is 41.5 Å². The molecular weight excluding hydrogens is 413 g/mol. The normalized spacial score (nSPS) is 18.0. The van der Waals surface area contributed by atoms with Crippen molar-refractivity contribution in [1.29, 1.82) is 0 Å². The van der Waals surface area contributed by atoms with Gasteiger partial charge in [0, 0.05) is 47.8 Å². The maximum absolute atomic E-state index is 12.6.